The van der Waals surface area contributed by atoms with E-state index >= 15 is 0 Å². The van der Waals surface area contributed by atoms with Gasteiger partial charge in [0.25, 0.3) is 0 Å². The van der Waals surface area contributed by atoms with E-state index in [4.69, 9.17) is 37.9 Å². The Morgan fingerprint density at radius 3 is 1.57 bits per heavy atom. The first-order valence-corrected chi connectivity index (χ1v) is 23.4. The molecule has 4 aliphatic carbocycles. The van der Waals surface area contributed by atoms with Gasteiger partial charge in [-0.1, -0.05) is 19.9 Å². The zero-order valence-electron chi connectivity index (χ0n) is 37.5. The highest BCUT2D eigenvalue weighted by atomic mass is 16.8. The molecule has 8 rings (SSSR count). The monoisotopic (exact) mass is 966 g/mol. The summed E-state index contributed by atoms with van der Waals surface area (Å²) in [4.78, 5) is 14.3. The minimum atomic E-state index is -1.95. The number of esters is 1. The molecule has 0 aromatic rings. The fourth-order valence-corrected chi connectivity index (χ4v) is 13.5. The first-order valence-electron chi connectivity index (χ1n) is 23.4. The van der Waals surface area contributed by atoms with Crippen LogP contribution in [0.2, 0.25) is 0 Å². The van der Waals surface area contributed by atoms with Crippen LogP contribution < -0.4 is 0 Å². The second kappa shape index (κ2) is 19.4. The quantitative estimate of drug-likeness (QED) is 0.0494. The van der Waals surface area contributed by atoms with E-state index in [0.717, 1.165) is 6.42 Å². The van der Waals surface area contributed by atoms with Crippen LogP contribution in [0, 0.1) is 28.1 Å². The van der Waals surface area contributed by atoms with Crippen LogP contribution in [0.15, 0.2) is 12.2 Å². The van der Waals surface area contributed by atoms with E-state index in [1.54, 1.807) is 0 Å². The van der Waals surface area contributed by atoms with Crippen LogP contribution in [0.5, 0.6) is 0 Å². The van der Waals surface area contributed by atoms with Crippen molar-refractivity contribution >= 4 is 5.97 Å². The van der Waals surface area contributed by atoms with Crippen LogP contribution in [0.1, 0.15) is 71.6 Å². The van der Waals surface area contributed by atoms with Crippen molar-refractivity contribution in [1.29, 1.82) is 0 Å². The molecule has 23 heteroatoms. The first kappa shape index (κ1) is 51.7. The van der Waals surface area contributed by atoms with Crippen molar-refractivity contribution in [2.45, 2.75) is 200 Å². The number of aliphatic hydroxyl groups is 14. The molecule has 4 saturated carbocycles. The van der Waals surface area contributed by atoms with Crippen molar-refractivity contribution in [2.24, 2.45) is 28.1 Å². The molecule has 4 heterocycles. The number of hydrogen-bond donors (Lipinski definition) is 14. The zero-order chi connectivity index (χ0) is 48.7. The summed E-state index contributed by atoms with van der Waals surface area (Å²) < 4.78 is 48.2. The predicted molar refractivity (Wildman–Crippen MR) is 219 cm³/mol. The van der Waals surface area contributed by atoms with Gasteiger partial charge in [-0.15, -0.1) is 0 Å². The number of carbonyl (C=O) groups excluding carboxylic acids is 1. The van der Waals surface area contributed by atoms with Crippen molar-refractivity contribution in [1.82, 2.24) is 0 Å². The number of ether oxygens (including phenoxy) is 8. The Bertz CT molecular complexity index is 1760. The van der Waals surface area contributed by atoms with Gasteiger partial charge in [-0.2, -0.15) is 0 Å². The SMILES string of the molecule is C=C1C[C@@]23CC[C@H]4[C@@](C)(CCC[C@@]4(C)C(=O)O[C@@H]4OC(CO)[C@@H](O)[C@H](O)C4O)[C@@H]2CC[C@]1(O[C@@H]1O[C@H](CO)C(O)C(O[C@@H]2O[C@H](CO)C(O)C(O)[C@H]2O)[C@H]1O[C@@H]1O[C@@H](CO)[C@@H](O)C(O)C1O)C3. The lowest BCUT2D eigenvalue weighted by molar-refractivity contribution is -0.400. The largest absolute Gasteiger partial charge is 0.432 e. The second-order valence-electron chi connectivity index (χ2n) is 20.8. The standard InChI is InChI=1S/C44H70O23/c1-17-11-43-9-5-22-41(2,7-4-8-42(22,3)40(59)66-38-33(58)30(55)26(51)20(14-47)62-38)23(43)6-10-44(17,16-43)67-39-35(65-37-32(57)29(54)25(50)19(13-46)61-37)34(27(52)21(15-48)63-39)64-36-31(56)28(53)24(49)18(12-45)60-36/h18-39,45-58H,1,4-16H2,2-3H3/t18-,19+,20?,21-,22+,23+,24?,25-,26-,27?,28?,29?,30+,31-,32?,33?,34?,35-,36+,37+,38+,39+,41-,42-,43-,44+/m1/s1. The highest BCUT2D eigenvalue weighted by Gasteiger charge is 2.70. The number of carbonyl (C=O) groups is 1. The van der Waals surface area contributed by atoms with E-state index < -0.39 is 177 Å². The molecule has 0 amide bonds. The molecule has 4 saturated heterocycles. The van der Waals surface area contributed by atoms with Crippen LogP contribution in [-0.4, -0.2) is 232 Å². The lowest BCUT2D eigenvalue weighted by Gasteiger charge is -2.64. The highest BCUT2D eigenvalue weighted by molar-refractivity contribution is 5.77. The molecule has 0 radical (unpaired) electrons. The van der Waals surface area contributed by atoms with Crippen molar-refractivity contribution in [3.05, 3.63) is 12.2 Å². The molecule has 8 aliphatic rings. The third-order valence-electron chi connectivity index (χ3n) is 17.1. The Balaban J connectivity index is 1.06. The molecule has 8 fully saturated rings. The Hall–Kier alpha value is -1.63. The molecule has 67 heavy (non-hydrogen) atoms. The van der Waals surface area contributed by atoms with Crippen LogP contribution in [0.4, 0.5) is 0 Å². The Kier molecular flexibility index (Phi) is 15.0. The summed E-state index contributed by atoms with van der Waals surface area (Å²) in [5, 5.41) is 148. The van der Waals surface area contributed by atoms with Gasteiger partial charge in [0, 0.05) is 0 Å². The summed E-state index contributed by atoms with van der Waals surface area (Å²) >= 11 is 0. The van der Waals surface area contributed by atoms with Gasteiger partial charge in [-0.05, 0) is 86.5 Å². The average Bonchev–Trinajstić information content (AvgIpc) is 3.50. The fraction of sp³-hybridized carbons (Fsp3) is 0.932. The summed E-state index contributed by atoms with van der Waals surface area (Å²) in [6.07, 6.45) is -29.1. The topological polar surface area (TPSA) is 374 Å². The number of fused-ring (bicyclic) bond motifs is 3. The summed E-state index contributed by atoms with van der Waals surface area (Å²) in [5.74, 6) is -0.805. The minimum absolute atomic E-state index is 0.0251. The molecule has 0 aromatic carbocycles. The smallest absolute Gasteiger partial charge is 0.314 e. The maximum Gasteiger partial charge on any atom is 0.314 e. The van der Waals surface area contributed by atoms with Gasteiger partial charge in [0.2, 0.25) is 6.29 Å². The van der Waals surface area contributed by atoms with Crippen molar-refractivity contribution < 1.29 is 114 Å². The summed E-state index contributed by atoms with van der Waals surface area (Å²) in [6, 6.07) is 0. The van der Waals surface area contributed by atoms with Crippen LogP contribution in [0.25, 0.3) is 0 Å². The van der Waals surface area contributed by atoms with Crippen LogP contribution >= 0.6 is 0 Å². The fourth-order valence-electron chi connectivity index (χ4n) is 13.5. The molecular formula is C44H70O23. The number of aliphatic hydroxyl groups excluding tert-OH is 14. The van der Waals surface area contributed by atoms with Crippen LogP contribution in [-0.2, 0) is 42.7 Å². The van der Waals surface area contributed by atoms with E-state index in [0.29, 0.717) is 56.9 Å². The third-order valence-corrected chi connectivity index (χ3v) is 17.1. The second-order valence-corrected chi connectivity index (χ2v) is 20.8. The van der Waals surface area contributed by atoms with Gasteiger partial charge in [0.05, 0.1) is 37.4 Å². The van der Waals surface area contributed by atoms with E-state index in [1.807, 2.05) is 6.92 Å². The molecule has 2 bridgehead atoms. The normalized spacial score (nSPS) is 54.5. The molecule has 4 aliphatic heterocycles. The zero-order valence-corrected chi connectivity index (χ0v) is 37.5. The van der Waals surface area contributed by atoms with Crippen molar-refractivity contribution in [3.8, 4) is 0 Å². The Morgan fingerprint density at radius 1 is 0.567 bits per heavy atom. The van der Waals surface area contributed by atoms with E-state index in [2.05, 4.69) is 13.5 Å². The van der Waals surface area contributed by atoms with Gasteiger partial charge in [0.15, 0.2) is 18.9 Å². The molecule has 0 aromatic heterocycles. The summed E-state index contributed by atoms with van der Waals surface area (Å²) in [5.41, 5.74) is -2.33. The molecule has 384 valence electrons. The number of rotatable bonds is 12. The lowest BCUT2D eigenvalue weighted by Crippen LogP contribution is -2.68. The summed E-state index contributed by atoms with van der Waals surface area (Å²) in [7, 11) is 0. The third kappa shape index (κ3) is 8.63. The Morgan fingerprint density at radius 2 is 1.03 bits per heavy atom. The van der Waals surface area contributed by atoms with E-state index in [-0.39, 0.29) is 11.8 Å². The Labute approximate surface area is 386 Å². The van der Waals surface area contributed by atoms with E-state index in [9.17, 15) is 76.3 Å². The van der Waals surface area contributed by atoms with Gasteiger partial charge in [0.1, 0.15) is 97.7 Å². The van der Waals surface area contributed by atoms with Gasteiger partial charge in [-0.3, -0.25) is 4.79 Å². The summed E-state index contributed by atoms with van der Waals surface area (Å²) in [6.45, 7) is 5.41. The maximum absolute atomic E-state index is 14.3. The maximum atomic E-state index is 14.3. The first-order chi connectivity index (χ1) is 31.6. The number of hydrogen-bond acceptors (Lipinski definition) is 23. The van der Waals surface area contributed by atoms with E-state index in [1.165, 1.54) is 0 Å². The molecule has 8 unspecified atom stereocenters. The molecule has 26 atom stereocenters. The highest BCUT2D eigenvalue weighted by Crippen LogP contribution is 2.74. The average molecular weight is 967 g/mol. The lowest BCUT2D eigenvalue weighted by atomic mass is 9.41. The van der Waals surface area contributed by atoms with Crippen molar-refractivity contribution in [2.75, 3.05) is 26.4 Å². The van der Waals surface area contributed by atoms with Gasteiger partial charge in [-0.25, -0.2) is 0 Å². The van der Waals surface area contributed by atoms with Crippen LogP contribution in [0.3, 0.4) is 0 Å². The van der Waals surface area contributed by atoms with Gasteiger partial charge < -0.3 is 109 Å². The molecule has 1 spiro atoms. The molecule has 14 N–H and O–H groups in total. The minimum Gasteiger partial charge on any atom is -0.432 e. The molecular weight excluding hydrogens is 896 g/mol. The van der Waals surface area contributed by atoms with Crippen molar-refractivity contribution in [3.63, 3.8) is 0 Å². The van der Waals surface area contributed by atoms with Gasteiger partial charge >= 0.3 is 5.97 Å². The molecule has 23 nitrogen and oxygen atoms in total. The predicted octanol–water partition coefficient (Wildman–Crippen LogP) is -5.11.